The van der Waals surface area contributed by atoms with E-state index < -0.39 is 0 Å². The SMILES string of the molecule is CCCCCC/C=C/CCCCCCCCC1=NCCN1CCN. The number of hydrogen-bond acceptors (Lipinski definition) is 3. The van der Waals surface area contributed by atoms with Crippen molar-refractivity contribution in [3.8, 4) is 0 Å². The van der Waals surface area contributed by atoms with Gasteiger partial charge < -0.3 is 10.6 Å². The van der Waals surface area contributed by atoms with Gasteiger partial charge in [0.25, 0.3) is 0 Å². The maximum Gasteiger partial charge on any atom is 0.0990 e. The van der Waals surface area contributed by atoms with Gasteiger partial charge >= 0.3 is 0 Å². The molecular formula is C21H41N3. The van der Waals surface area contributed by atoms with Crippen LogP contribution in [0.15, 0.2) is 17.1 Å². The van der Waals surface area contributed by atoms with Crippen molar-refractivity contribution in [2.24, 2.45) is 10.7 Å². The van der Waals surface area contributed by atoms with Gasteiger partial charge in [-0.25, -0.2) is 0 Å². The zero-order valence-corrected chi connectivity index (χ0v) is 16.1. The Hall–Kier alpha value is -0.830. The molecule has 1 heterocycles. The van der Waals surface area contributed by atoms with E-state index >= 15 is 0 Å². The van der Waals surface area contributed by atoms with Gasteiger partial charge in [0, 0.05) is 26.1 Å². The highest BCUT2D eigenvalue weighted by molar-refractivity contribution is 5.83. The Morgan fingerprint density at radius 1 is 0.917 bits per heavy atom. The molecule has 0 fully saturated rings. The quantitative estimate of drug-likeness (QED) is 0.307. The predicted molar refractivity (Wildman–Crippen MR) is 108 cm³/mol. The Balaban J connectivity index is 1.83. The van der Waals surface area contributed by atoms with Gasteiger partial charge in [-0.3, -0.25) is 4.99 Å². The largest absolute Gasteiger partial charge is 0.357 e. The standard InChI is InChI=1S/C21H41N3/c1-2-3-4-5-6-7-8-9-10-11-12-13-14-15-16-21-23-18-20-24(21)19-17-22/h7-8H,2-6,9-20,22H2,1H3/b8-7+. The highest BCUT2D eigenvalue weighted by atomic mass is 15.2. The zero-order chi connectivity index (χ0) is 17.3. The minimum absolute atomic E-state index is 0.742. The van der Waals surface area contributed by atoms with E-state index in [1.165, 1.54) is 82.9 Å². The van der Waals surface area contributed by atoms with Crippen LogP contribution in [0, 0.1) is 0 Å². The molecule has 0 saturated heterocycles. The monoisotopic (exact) mass is 335 g/mol. The Kier molecular flexibility index (Phi) is 13.9. The highest BCUT2D eigenvalue weighted by Gasteiger charge is 2.14. The van der Waals surface area contributed by atoms with Gasteiger partial charge in [-0.15, -0.1) is 0 Å². The number of nitrogens with two attached hydrogens (primary N) is 1. The predicted octanol–water partition coefficient (Wildman–Crippen LogP) is 5.31. The second kappa shape index (κ2) is 15.7. The molecule has 1 aliphatic rings. The molecule has 0 atom stereocenters. The van der Waals surface area contributed by atoms with E-state index in [9.17, 15) is 0 Å². The molecule has 0 aromatic rings. The lowest BCUT2D eigenvalue weighted by Crippen LogP contribution is -2.32. The molecule has 1 rings (SSSR count). The minimum atomic E-state index is 0.742. The Morgan fingerprint density at radius 2 is 1.54 bits per heavy atom. The summed E-state index contributed by atoms with van der Waals surface area (Å²) in [5.74, 6) is 1.31. The van der Waals surface area contributed by atoms with Crippen LogP contribution in [0.2, 0.25) is 0 Å². The summed E-state index contributed by atoms with van der Waals surface area (Å²) in [7, 11) is 0. The van der Waals surface area contributed by atoms with Crippen molar-refractivity contribution in [2.75, 3.05) is 26.2 Å². The van der Waals surface area contributed by atoms with Crippen LogP contribution in [-0.4, -0.2) is 36.9 Å². The second-order valence-electron chi connectivity index (χ2n) is 7.05. The second-order valence-corrected chi connectivity index (χ2v) is 7.05. The average Bonchev–Trinajstić information content (AvgIpc) is 3.03. The fourth-order valence-electron chi connectivity index (χ4n) is 3.34. The van der Waals surface area contributed by atoms with Crippen molar-refractivity contribution in [3.63, 3.8) is 0 Å². The van der Waals surface area contributed by atoms with Crippen LogP contribution in [0.1, 0.15) is 90.4 Å². The van der Waals surface area contributed by atoms with Gasteiger partial charge in [0.1, 0.15) is 0 Å². The van der Waals surface area contributed by atoms with Crippen molar-refractivity contribution < 1.29 is 0 Å². The summed E-state index contributed by atoms with van der Waals surface area (Å²) in [5.41, 5.74) is 5.65. The molecule has 0 spiro atoms. The summed E-state index contributed by atoms with van der Waals surface area (Å²) >= 11 is 0. The first-order valence-electron chi connectivity index (χ1n) is 10.5. The first kappa shape index (κ1) is 21.2. The number of amidine groups is 1. The van der Waals surface area contributed by atoms with Gasteiger partial charge in [-0.1, -0.05) is 64.0 Å². The fraction of sp³-hybridized carbons (Fsp3) is 0.857. The first-order valence-corrected chi connectivity index (χ1v) is 10.5. The third-order valence-corrected chi connectivity index (χ3v) is 4.84. The lowest BCUT2D eigenvalue weighted by molar-refractivity contribution is 0.456. The van der Waals surface area contributed by atoms with E-state index in [0.717, 1.165) is 32.6 Å². The molecule has 1 aliphatic heterocycles. The Morgan fingerprint density at radius 3 is 2.21 bits per heavy atom. The maximum absolute atomic E-state index is 5.65. The summed E-state index contributed by atoms with van der Waals surface area (Å²) in [5, 5.41) is 0. The van der Waals surface area contributed by atoms with E-state index in [-0.39, 0.29) is 0 Å². The molecule has 24 heavy (non-hydrogen) atoms. The summed E-state index contributed by atoms with van der Waals surface area (Å²) < 4.78 is 0. The molecule has 3 heteroatoms. The molecule has 0 unspecified atom stereocenters. The van der Waals surface area contributed by atoms with Crippen LogP contribution in [-0.2, 0) is 0 Å². The Bertz CT molecular complexity index is 336. The normalized spacial score (nSPS) is 14.8. The molecule has 0 bridgehead atoms. The summed E-state index contributed by atoms with van der Waals surface area (Å²) in [6.45, 7) is 6.05. The summed E-state index contributed by atoms with van der Waals surface area (Å²) in [6.07, 6.45) is 22.2. The van der Waals surface area contributed by atoms with E-state index in [0.29, 0.717) is 0 Å². The van der Waals surface area contributed by atoms with Crippen LogP contribution in [0.4, 0.5) is 0 Å². The lowest BCUT2D eigenvalue weighted by Gasteiger charge is -2.19. The Labute approximate surface area is 150 Å². The molecule has 0 aromatic carbocycles. The van der Waals surface area contributed by atoms with E-state index in [4.69, 9.17) is 5.73 Å². The topological polar surface area (TPSA) is 41.6 Å². The molecule has 0 aromatic heterocycles. The average molecular weight is 336 g/mol. The van der Waals surface area contributed by atoms with Crippen molar-refractivity contribution in [3.05, 3.63) is 12.2 Å². The van der Waals surface area contributed by atoms with Crippen LogP contribution < -0.4 is 5.73 Å². The van der Waals surface area contributed by atoms with Gasteiger partial charge in [-0.2, -0.15) is 0 Å². The maximum atomic E-state index is 5.65. The van der Waals surface area contributed by atoms with Crippen molar-refractivity contribution in [2.45, 2.75) is 90.4 Å². The molecule has 0 radical (unpaired) electrons. The van der Waals surface area contributed by atoms with Crippen LogP contribution in [0.5, 0.6) is 0 Å². The summed E-state index contributed by atoms with van der Waals surface area (Å²) in [4.78, 5) is 6.98. The molecule has 0 aliphatic carbocycles. The molecule has 140 valence electrons. The number of hydrogen-bond donors (Lipinski definition) is 1. The molecular weight excluding hydrogens is 294 g/mol. The number of allylic oxidation sites excluding steroid dienone is 2. The number of aliphatic imine (C=N–C) groups is 1. The molecule has 0 amide bonds. The van der Waals surface area contributed by atoms with Crippen molar-refractivity contribution in [1.29, 1.82) is 0 Å². The molecule has 0 saturated carbocycles. The van der Waals surface area contributed by atoms with Crippen molar-refractivity contribution >= 4 is 5.84 Å². The third-order valence-electron chi connectivity index (χ3n) is 4.84. The minimum Gasteiger partial charge on any atom is -0.357 e. The summed E-state index contributed by atoms with van der Waals surface area (Å²) in [6, 6.07) is 0. The number of rotatable bonds is 16. The van der Waals surface area contributed by atoms with Crippen LogP contribution in [0.25, 0.3) is 0 Å². The number of nitrogens with zero attached hydrogens (tertiary/aromatic N) is 2. The molecule has 2 N–H and O–H groups in total. The van der Waals surface area contributed by atoms with E-state index in [1.54, 1.807) is 0 Å². The fourth-order valence-corrected chi connectivity index (χ4v) is 3.34. The van der Waals surface area contributed by atoms with Gasteiger partial charge in [-0.05, 0) is 32.1 Å². The number of unbranched alkanes of at least 4 members (excludes halogenated alkanes) is 10. The van der Waals surface area contributed by atoms with Crippen LogP contribution >= 0.6 is 0 Å². The highest BCUT2D eigenvalue weighted by Crippen LogP contribution is 2.12. The van der Waals surface area contributed by atoms with Gasteiger partial charge in [0.2, 0.25) is 0 Å². The van der Waals surface area contributed by atoms with Crippen molar-refractivity contribution in [1.82, 2.24) is 4.90 Å². The zero-order valence-electron chi connectivity index (χ0n) is 16.1. The van der Waals surface area contributed by atoms with E-state index in [1.807, 2.05) is 0 Å². The van der Waals surface area contributed by atoms with E-state index in [2.05, 4.69) is 29.0 Å². The third kappa shape index (κ3) is 10.9. The molecule has 3 nitrogen and oxygen atoms in total. The van der Waals surface area contributed by atoms with Crippen LogP contribution in [0.3, 0.4) is 0 Å². The lowest BCUT2D eigenvalue weighted by atomic mass is 10.1. The van der Waals surface area contributed by atoms with Gasteiger partial charge in [0.05, 0.1) is 12.4 Å². The smallest absolute Gasteiger partial charge is 0.0990 e. The first-order chi connectivity index (χ1) is 11.9. The van der Waals surface area contributed by atoms with Gasteiger partial charge in [0.15, 0.2) is 0 Å².